The van der Waals surface area contributed by atoms with E-state index in [1.165, 1.54) is 15.6 Å². The first-order valence-corrected chi connectivity index (χ1v) is 15.6. The van der Waals surface area contributed by atoms with Crippen molar-refractivity contribution in [2.45, 2.75) is 37.9 Å². The summed E-state index contributed by atoms with van der Waals surface area (Å²) < 4.78 is 33.5. The lowest BCUT2D eigenvalue weighted by atomic mass is 10.1. The van der Waals surface area contributed by atoms with Gasteiger partial charge in [-0.1, -0.05) is 5.16 Å². The lowest BCUT2D eigenvalue weighted by molar-refractivity contribution is 0.0917. The van der Waals surface area contributed by atoms with E-state index in [9.17, 15) is 13.2 Å². The third-order valence-corrected chi connectivity index (χ3v) is 11.0. The minimum Gasteiger partial charge on any atom is -0.355 e. The van der Waals surface area contributed by atoms with E-state index in [1.807, 2.05) is 33.8 Å². The molecule has 5 heterocycles. The second-order valence-electron chi connectivity index (χ2n) is 9.61. The Balaban J connectivity index is 1.15. The van der Waals surface area contributed by atoms with Crippen LogP contribution in [0.3, 0.4) is 0 Å². The summed E-state index contributed by atoms with van der Waals surface area (Å²) in [5, 5.41) is 7.89. The number of hydrogen-bond donors (Lipinski definition) is 1. The van der Waals surface area contributed by atoms with Crippen LogP contribution >= 0.6 is 22.7 Å². The fourth-order valence-corrected chi connectivity index (χ4v) is 8.32. The molecular weight excluding hydrogens is 557 g/mol. The molecule has 0 spiro atoms. The Kier molecular flexibility index (Phi) is 7.96. The third kappa shape index (κ3) is 6.12. The normalized spacial score (nSPS) is 15.9. The number of thiophene rings is 1. The lowest BCUT2D eigenvalue weighted by Gasteiger charge is -2.35. The summed E-state index contributed by atoms with van der Waals surface area (Å²) in [7, 11) is -3.60. The SMILES string of the molecule is Cc1cc(-c2ccc(S(=O)(=O)N3CCN(CC(C)NC(=O)c4cc(-c5sc(C)nc5C)ccn4)CC3)s2)on1. The number of nitrogens with one attached hydrogen (secondary N) is 1. The number of piperazine rings is 1. The van der Waals surface area contributed by atoms with Crippen LogP contribution in [0.2, 0.25) is 0 Å². The first-order valence-electron chi connectivity index (χ1n) is 12.6. The Morgan fingerprint density at radius 3 is 2.54 bits per heavy atom. The fraction of sp³-hybridized carbons (Fsp3) is 0.385. The van der Waals surface area contributed by atoms with Crippen LogP contribution in [-0.4, -0.2) is 77.4 Å². The zero-order chi connectivity index (χ0) is 27.7. The monoisotopic (exact) mass is 586 g/mol. The molecule has 0 aromatic carbocycles. The van der Waals surface area contributed by atoms with E-state index in [-0.39, 0.29) is 11.9 Å². The number of hydrogen-bond acceptors (Lipinski definition) is 10. The zero-order valence-electron chi connectivity index (χ0n) is 22.2. The summed E-state index contributed by atoms with van der Waals surface area (Å²) in [5.41, 5.74) is 2.97. The molecule has 0 saturated carbocycles. The van der Waals surface area contributed by atoms with Crippen molar-refractivity contribution in [3.8, 4) is 21.1 Å². The number of pyridine rings is 1. The molecule has 13 heteroatoms. The van der Waals surface area contributed by atoms with Crippen molar-refractivity contribution in [2.24, 2.45) is 0 Å². The molecule has 4 aromatic rings. The van der Waals surface area contributed by atoms with Gasteiger partial charge in [0.2, 0.25) is 0 Å². The highest BCUT2D eigenvalue weighted by Crippen LogP contribution is 2.33. The summed E-state index contributed by atoms with van der Waals surface area (Å²) in [5.74, 6) is 0.329. The number of amides is 1. The first kappa shape index (κ1) is 27.6. The van der Waals surface area contributed by atoms with Gasteiger partial charge in [0.15, 0.2) is 5.76 Å². The molecule has 1 amide bonds. The molecule has 1 saturated heterocycles. The van der Waals surface area contributed by atoms with Crippen LogP contribution in [0, 0.1) is 20.8 Å². The van der Waals surface area contributed by atoms with Gasteiger partial charge in [0.25, 0.3) is 15.9 Å². The largest absolute Gasteiger partial charge is 0.355 e. The quantitative estimate of drug-likeness (QED) is 0.329. The van der Waals surface area contributed by atoms with E-state index in [0.717, 1.165) is 31.7 Å². The predicted molar refractivity (Wildman–Crippen MR) is 151 cm³/mol. The highest BCUT2D eigenvalue weighted by atomic mass is 32.2. The van der Waals surface area contributed by atoms with Crippen molar-refractivity contribution in [2.75, 3.05) is 32.7 Å². The predicted octanol–water partition coefficient (Wildman–Crippen LogP) is 3.97. The van der Waals surface area contributed by atoms with E-state index < -0.39 is 10.0 Å². The standard InChI is InChI=1S/C26H30N6O4S3/c1-16-13-22(36-30-16)23-5-6-24(38-23)39(34,35)32-11-9-31(10-12-32)15-17(2)28-26(33)21-14-20(7-8-27-21)25-18(3)29-19(4)37-25/h5-8,13-14,17H,9-12,15H2,1-4H3,(H,28,33). The number of rotatable bonds is 8. The number of carbonyl (C=O) groups is 1. The Morgan fingerprint density at radius 2 is 1.87 bits per heavy atom. The van der Waals surface area contributed by atoms with Crippen molar-refractivity contribution < 1.29 is 17.7 Å². The Morgan fingerprint density at radius 1 is 1.10 bits per heavy atom. The highest BCUT2D eigenvalue weighted by Gasteiger charge is 2.30. The van der Waals surface area contributed by atoms with Crippen LogP contribution < -0.4 is 5.32 Å². The average molecular weight is 587 g/mol. The average Bonchev–Trinajstić information content (AvgIpc) is 3.64. The number of carbonyl (C=O) groups excluding carboxylic acids is 1. The van der Waals surface area contributed by atoms with Gasteiger partial charge in [-0.3, -0.25) is 14.7 Å². The van der Waals surface area contributed by atoms with Gasteiger partial charge in [0, 0.05) is 51.0 Å². The molecule has 1 aliphatic heterocycles. The van der Waals surface area contributed by atoms with Crippen molar-refractivity contribution in [3.05, 3.63) is 58.6 Å². The van der Waals surface area contributed by atoms with Gasteiger partial charge < -0.3 is 9.84 Å². The summed E-state index contributed by atoms with van der Waals surface area (Å²) in [6, 6.07) is 8.71. The maximum Gasteiger partial charge on any atom is 0.270 e. The second kappa shape index (κ2) is 11.3. The van der Waals surface area contributed by atoms with Crippen LogP contribution in [0.4, 0.5) is 0 Å². The summed E-state index contributed by atoms with van der Waals surface area (Å²) >= 11 is 2.78. The van der Waals surface area contributed by atoms with Crippen LogP contribution in [-0.2, 0) is 10.0 Å². The number of thiazole rings is 1. The molecule has 1 unspecified atom stereocenters. The van der Waals surface area contributed by atoms with Gasteiger partial charge in [-0.2, -0.15) is 4.31 Å². The lowest BCUT2D eigenvalue weighted by Crippen LogP contribution is -2.52. The first-order chi connectivity index (χ1) is 18.6. The van der Waals surface area contributed by atoms with E-state index in [0.29, 0.717) is 48.4 Å². The van der Waals surface area contributed by atoms with Gasteiger partial charge in [-0.05, 0) is 57.5 Å². The molecule has 206 valence electrons. The zero-order valence-corrected chi connectivity index (χ0v) is 24.6. The maximum atomic E-state index is 13.2. The highest BCUT2D eigenvalue weighted by molar-refractivity contribution is 7.91. The van der Waals surface area contributed by atoms with Gasteiger partial charge in [0.05, 0.1) is 26.1 Å². The Labute approximate surface area is 235 Å². The van der Waals surface area contributed by atoms with Crippen LogP contribution in [0.5, 0.6) is 0 Å². The van der Waals surface area contributed by atoms with Crippen molar-refractivity contribution in [3.63, 3.8) is 0 Å². The smallest absolute Gasteiger partial charge is 0.270 e. The Bertz CT molecular complexity index is 1580. The van der Waals surface area contributed by atoms with Crippen molar-refractivity contribution in [1.29, 1.82) is 0 Å². The number of nitrogens with zero attached hydrogens (tertiary/aromatic N) is 5. The van der Waals surface area contributed by atoms with Gasteiger partial charge >= 0.3 is 0 Å². The maximum absolute atomic E-state index is 13.2. The van der Waals surface area contributed by atoms with E-state index in [2.05, 4.69) is 25.3 Å². The number of aryl methyl sites for hydroxylation is 3. The van der Waals surface area contributed by atoms with E-state index in [1.54, 1.807) is 41.8 Å². The van der Waals surface area contributed by atoms with Gasteiger partial charge in [-0.15, -0.1) is 22.7 Å². The molecule has 10 nitrogen and oxygen atoms in total. The Hall–Kier alpha value is -2.97. The molecule has 4 aromatic heterocycles. The third-order valence-electron chi connectivity index (χ3n) is 6.45. The van der Waals surface area contributed by atoms with Crippen molar-refractivity contribution >= 4 is 38.6 Å². The molecule has 1 aliphatic rings. The van der Waals surface area contributed by atoms with Gasteiger partial charge in [-0.25, -0.2) is 13.4 Å². The second-order valence-corrected chi connectivity index (χ2v) is 14.1. The van der Waals surface area contributed by atoms with E-state index >= 15 is 0 Å². The summed E-state index contributed by atoms with van der Waals surface area (Å²) in [6.07, 6.45) is 1.65. The molecular formula is C26H30N6O4S3. The summed E-state index contributed by atoms with van der Waals surface area (Å²) in [6.45, 7) is 10.2. The molecule has 1 atom stereocenters. The summed E-state index contributed by atoms with van der Waals surface area (Å²) in [4.78, 5) is 25.6. The molecule has 0 bridgehead atoms. The number of sulfonamides is 1. The minimum atomic E-state index is -3.60. The van der Waals surface area contributed by atoms with Crippen LogP contribution in [0.1, 0.15) is 33.8 Å². The molecule has 5 rings (SSSR count). The molecule has 0 radical (unpaired) electrons. The molecule has 1 fully saturated rings. The van der Waals surface area contributed by atoms with Crippen molar-refractivity contribution in [1.82, 2.24) is 29.6 Å². The fourth-order valence-electron chi connectivity index (χ4n) is 4.58. The number of aromatic nitrogens is 3. The van der Waals surface area contributed by atoms with Gasteiger partial charge in [0.1, 0.15) is 9.90 Å². The molecule has 39 heavy (non-hydrogen) atoms. The minimum absolute atomic E-state index is 0.135. The van der Waals surface area contributed by atoms with Crippen LogP contribution in [0.25, 0.3) is 21.1 Å². The molecule has 0 aliphatic carbocycles. The van der Waals surface area contributed by atoms with Crippen LogP contribution in [0.15, 0.2) is 45.3 Å². The molecule has 1 N–H and O–H groups in total. The van der Waals surface area contributed by atoms with E-state index in [4.69, 9.17) is 4.52 Å². The topological polar surface area (TPSA) is 122 Å².